The Bertz CT molecular complexity index is 937. The van der Waals surface area contributed by atoms with Crippen molar-refractivity contribution in [3.63, 3.8) is 0 Å². The highest BCUT2D eigenvalue weighted by Gasteiger charge is 2.19. The van der Waals surface area contributed by atoms with Crippen LogP contribution in [0, 0.1) is 0 Å². The van der Waals surface area contributed by atoms with Gasteiger partial charge in [-0.3, -0.25) is 9.78 Å². The van der Waals surface area contributed by atoms with E-state index in [9.17, 15) is 9.59 Å². The lowest BCUT2D eigenvalue weighted by atomic mass is 10.2. The smallest absolute Gasteiger partial charge is 0.328 e. The van der Waals surface area contributed by atoms with E-state index >= 15 is 0 Å². The van der Waals surface area contributed by atoms with Crippen molar-refractivity contribution in [3.8, 4) is 5.75 Å². The number of pyridine rings is 1. The Morgan fingerprint density at radius 1 is 1.31 bits per heavy atom. The van der Waals surface area contributed by atoms with Crippen molar-refractivity contribution in [2.75, 3.05) is 7.11 Å². The number of amides is 1. The second kappa shape index (κ2) is 7.64. The van der Waals surface area contributed by atoms with E-state index in [0.29, 0.717) is 5.75 Å². The first-order valence-electron chi connectivity index (χ1n) is 7.87. The zero-order valence-corrected chi connectivity index (χ0v) is 14.3. The Labute approximate surface area is 149 Å². The molecule has 8 heteroatoms. The van der Waals surface area contributed by atoms with Crippen LogP contribution in [0.5, 0.6) is 5.75 Å². The van der Waals surface area contributed by atoms with Crippen LogP contribution in [0.25, 0.3) is 10.9 Å². The molecular weight excluding hydrogens is 338 g/mol. The number of benzene rings is 1. The number of aromatic nitrogens is 2. The number of rotatable bonds is 6. The Morgan fingerprint density at radius 3 is 2.96 bits per heavy atom. The predicted octanol–water partition coefficient (Wildman–Crippen LogP) is 2.09. The SMILES string of the molecule is COC(=O)[C@@H](C)NC(=O)c1coc(COc2ccc3ncccc3c2)n1. The topological polar surface area (TPSA) is 104 Å². The molecule has 0 bridgehead atoms. The fourth-order valence-electron chi connectivity index (χ4n) is 2.28. The third kappa shape index (κ3) is 3.97. The van der Waals surface area contributed by atoms with Crippen LogP contribution in [0.3, 0.4) is 0 Å². The summed E-state index contributed by atoms with van der Waals surface area (Å²) in [5, 5.41) is 3.42. The lowest BCUT2D eigenvalue weighted by molar-refractivity contribution is -0.142. The Hall–Kier alpha value is -3.42. The number of carbonyl (C=O) groups is 2. The molecule has 3 rings (SSSR count). The summed E-state index contributed by atoms with van der Waals surface area (Å²) in [7, 11) is 1.25. The van der Waals surface area contributed by atoms with Crippen LogP contribution in [0.1, 0.15) is 23.3 Å². The van der Waals surface area contributed by atoms with Gasteiger partial charge >= 0.3 is 5.97 Å². The van der Waals surface area contributed by atoms with Gasteiger partial charge in [0.15, 0.2) is 12.3 Å². The minimum Gasteiger partial charge on any atom is -0.484 e. The van der Waals surface area contributed by atoms with Crippen molar-refractivity contribution < 1.29 is 23.5 Å². The van der Waals surface area contributed by atoms with Gasteiger partial charge in [0.2, 0.25) is 5.89 Å². The van der Waals surface area contributed by atoms with E-state index in [-0.39, 0.29) is 18.2 Å². The number of esters is 1. The molecule has 2 aromatic heterocycles. The summed E-state index contributed by atoms with van der Waals surface area (Å²) in [6.45, 7) is 1.58. The number of nitrogens with one attached hydrogen (secondary N) is 1. The normalized spacial score (nSPS) is 11.8. The molecule has 0 aliphatic carbocycles. The molecule has 1 aromatic carbocycles. The number of carbonyl (C=O) groups excluding carboxylic acids is 2. The number of methoxy groups -OCH3 is 1. The number of fused-ring (bicyclic) bond motifs is 1. The van der Waals surface area contributed by atoms with Gasteiger partial charge in [0, 0.05) is 11.6 Å². The van der Waals surface area contributed by atoms with Crippen LogP contribution in [-0.4, -0.2) is 35.0 Å². The van der Waals surface area contributed by atoms with Crippen LogP contribution in [-0.2, 0) is 16.1 Å². The monoisotopic (exact) mass is 355 g/mol. The summed E-state index contributed by atoms with van der Waals surface area (Å²) in [6, 6.07) is 8.51. The molecule has 0 aliphatic heterocycles. The number of oxazole rings is 1. The molecule has 3 aromatic rings. The van der Waals surface area contributed by atoms with Gasteiger partial charge in [-0.25, -0.2) is 9.78 Å². The second-order valence-electron chi connectivity index (χ2n) is 5.49. The van der Waals surface area contributed by atoms with Gasteiger partial charge in [0.05, 0.1) is 12.6 Å². The molecule has 0 fully saturated rings. The second-order valence-corrected chi connectivity index (χ2v) is 5.49. The molecule has 0 spiro atoms. The molecule has 0 saturated carbocycles. The molecule has 1 atom stereocenters. The lowest BCUT2D eigenvalue weighted by Crippen LogP contribution is -2.39. The van der Waals surface area contributed by atoms with E-state index in [1.54, 1.807) is 12.3 Å². The molecule has 2 heterocycles. The van der Waals surface area contributed by atoms with Gasteiger partial charge in [-0.1, -0.05) is 6.07 Å². The first-order chi connectivity index (χ1) is 12.6. The number of ether oxygens (including phenoxy) is 2. The molecule has 134 valence electrons. The van der Waals surface area contributed by atoms with Gasteiger partial charge in [0.25, 0.3) is 5.91 Å². The van der Waals surface area contributed by atoms with Crippen LogP contribution >= 0.6 is 0 Å². The number of nitrogens with zero attached hydrogens (tertiary/aromatic N) is 2. The Morgan fingerprint density at radius 2 is 2.15 bits per heavy atom. The quantitative estimate of drug-likeness (QED) is 0.675. The summed E-state index contributed by atoms with van der Waals surface area (Å²) in [4.78, 5) is 31.7. The van der Waals surface area contributed by atoms with Gasteiger partial charge in [-0.05, 0) is 31.2 Å². The van der Waals surface area contributed by atoms with E-state index < -0.39 is 17.9 Å². The standard InChI is InChI=1S/C18H17N3O5/c1-11(18(23)24-2)20-17(22)15-9-26-16(21-15)10-25-13-5-6-14-12(8-13)4-3-7-19-14/h3-9,11H,10H2,1-2H3,(H,20,22)/t11-/m1/s1. The average Bonchev–Trinajstić information content (AvgIpc) is 3.14. The molecule has 26 heavy (non-hydrogen) atoms. The zero-order chi connectivity index (χ0) is 18.5. The fraction of sp³-hybridized carbons (Fsp3) is 0.222. The molecule has 1 amide bonds. The molecular formula is C18H17N3O5. The summed E-state index contributed by atoms with van der Waals surface area (Å²) in [5.74, 6) is -0.202. The van der Waals surface area contributed by atoms with Gasteiger partial charge in [-0.15, -0.1) is 0 Å². The third-order valence-corrected chi connectivity index (χ3v) is 3.62. The van der Waals surface area contributed by atoms with Gasteiger partial charge in [-0.2, -0.15) is 0 Å². The van der Waals surface area contributed by atoms with E-state index in [4.69, 9.17) is 9.15 Å². The highest BCUT2D eigenvalue weighted by atomic mass is 16.5. The first kappa shape index (κ1) is 17.4. The van der Waals surface area contributed by atoms with Crippen molar-refractivity contribution in [1.82, 2.24) is 15.3 Å². The number of hydrogen-bond donors (Lipinski definition) is 1. The molecule has 0 saturated heterocycles. The fourth-order valence-corrected chi connectivity index (χ4v) is 2.28. The molecule has 1 N–H and O–H groups in total. The number of hydrogen-bond acceptors (Lipinski definition) is 7. The maximum absolute atomic E-state index is 12.0. The summed E-state index contributed by atoms with van der Waals surface area (Å²) >= 11 is 0. The maximum Gasteiger partial charge on any atom is 0.328 e. The van der Waals surface area contributed by atoms with Crippen molar-refractivity contribution in [1.29, 1.82) is 0 Å². The van der Waals surface area contributed by atoms with E-state index in [1.165, 1.54) is 20.3 Å². The molecule has 0 unspecified atom stereocenters. The largest absolute Gasteiger partial charge is 0.484 e. The molecule has 0 radical (unpaired) electrons. The van der Waals surface area contributed by atoms with E-state index in [2.05, 4.69) is 20.0 Å². The summed E-state index contributed by atoms with van der Waals surface area (Å²) in [6.07, 6.45) is 2.94. The minimum atomic E-state index is -0.782. The Balaban J connectivity index is 1.60. The van der Waals surface area contributed by atoms with E-state index in [0.717, 1.165) is 10.9 Å². The van der Waals surface area contributed by atoms with E-state index in [1.807, 2.05) is 24.3 Å². The average molecular weight is 355 g/mol. The van der Waals surface area contributed by atoms with Crippen molar-refractivity contribution in [2.24, 2.45) is 0 Å². The zero-order valence-electron chi connectivity index (χ0n) is 14.3. The van der Waals surface area contributed by atoms with Crippen molar-refractivity contribution >= 4 is 22.8 Å². The van der Waals surface area contributed by atoms with Crippen molar-refractivity contribution in [3.05, 3.63) is 54.4 Å². The first-order valence-corrected chi connectivity index (χ1v) is 7.87. The van der Waals surface area contributed by atoms with Crippen LogP contribution in [0.4, 0.5) is 0 Å². The van der Waals surface area contributed by atoms with Crippen LogP contribution in [0.15, 0.2) is 47.2 Å². The third-order valence-electron chi connectivity index (χ3n) is 3.62. The van der Waals surface area contributed by atoms with Crippen molar-refractivity contribution in [2.45, 2.75) is 19.6 Å². The summed E-state index contributed by atoms with van der Waals surface area (Å²) in [5.41, 5.74) is 0.928. The molecule has 0 aliphatic rings. The highest BCUT2D eigenvalue weighted by Crippen LogP contribution is 2.19. The summed E-state index contributed by atoms with van der Waals surface area (Å²) < 4.78 is 15.4. The highest BCUT2D eigenvalue weighted by molar-refractivity contribution is 5.94. The Kier molecular flexibility index (Phi) is 5.12. The van der Waals surface area contributed by atoms with Crippen LogP contribution < -0.4 is 10.1 Å². The molecule has 8 nitrogen and oxygen atoms in total. The van der Waals surface area contributed by atoms with Gasteiger partial charge in [0.1, 0.15) is 18.1 Å². The predicted molar refractivity (Wildman–Crippen MR) is 91.5 cm³/mol. The van der Waals surface area contributed by atoms with Gasteiger partial charge < -0.3 is 19.2 Å². The maximum atomic E-state index is 12.0. The minimum absolute atomic E-state index is 0.0575. The van der Waals surface area contributed by atoms with Crippen LogP contribution in [0.2, 0.25) is 0 Å². The lowest BCUT2D eigenvalue weighted by Gasteiger charge is -2.09.